The monoisotopic (exact) mass is 375 g/mol. The summed E-state index contributed by atoms with van der Waals surface area (Å²) in [6.45, 7) is 0. The molecule has 2 aromatic carbocycles. The smallest absolute Gasteiger partial charge is 0.310 e. The minimum Gasteiger partial charge on any atom is -0.469 e. The van der Waals surface area contributed by atoms with Crippen LogP contribution >= 0.6 is 0 Å². The van der Waals surface area contributed by atoms with E-state index in [1.165, 1.54) is 30.2 Å². The molecule has 4 atom stereocenters. The van der Waals surface area contributed by atoms with Crippen molar-refractivity contribution in [3.8, 4) is 0 Å². The van der Waals surface area contributed by atoms with Crippen molar-refractivity contribution in [2.24, 2.45) is 5.92 Å². The molecule has 28 heavy (non-hydrogen) atoms. The molecule has 4 rings (SSSR count). The number of esters is 1. The molecule has 2 heterocycles. The zero-order valence-corrected chi connectivity index (χ0v) is 16.8. The van der Waals surface area contributed by atoms with E-state index in [0.717, 1.165) is 19.3 Å². The van der Waals surface area contributed by atoms with E-state index in [4.69, 9.17) is 4.74 Å². The number of methoxy groups -OCH3 is 1. The second-order valence-electron chi connectivity index (χ2n) is 8.11. The maximum atomic E-state index is 12.6. The first-order chi connectivity index (χ1) is 13.7. The van der Waals surface area contributed by atoms with Gasteiger partial charge in [-0.15, -0.1) is 0 Å². The van der Waals surface area contributed by atoms with Gasteiger partial charge in [0.25, 0.3) is 0 Å². The fourth-order valence-electron chi connectivity index (χ4n) is 5.07. The number of ether oxygens (including phenoxy) is 1. The molecule has 0 radical (unpaired) electrons. The molecule has 2 bridgehead atoms. The van der Waals surface area contributed by atoms with E-state index in [9.17, 15) is 4.79 Å². The number of hydrogen-bond acceptors (Lipinski definition) is 3. The highest BCUT2D eigenvalue weighted by Crippen LogP contribution is 2.46. The number of benzene rings is 2. The maximum Gasteiger partial charge on any atom is 0.310 e. The maximum absolute atomic E-state index is 12.6. The Morgan fingerprint density at radius 3 is 2.57 bits per heavy atom. The van der Waals surface area contributed by atoms with Crippen LogP contribution in [0.1, 0.15) is 41.9 Å². The van der Waals surface area contributed by atoms with Gasteiger partial charge in [0, 0.05) is 18.0 Å². The summed E-state index contributed by atoms with van der Waals surface area (Å²) in [6, 6.07) is 20.1. The molecule has 2 aliphatic heterocycles. The van der Waals surface area contributed by atoms with E-state index >= 15 is 0 Å². The number of carbonyl (C=O) groups excluding carboxylic acids is 1. The van der Waals surface area contributed by atoms with Crippen LogP contribution in [0, 0.1) is 5.92 Å². The number of piperidine rings is 1. The molecule has 2 aromatic rings. The lowest BCUT2D eigenvalue weighted by atomic mass is 9.76. The predicted octanol–water partition coefficient (Wildman–Crippen LogP) is 4.68. The van der Waals surface area contributed by atoms with Crippen LogP contribution in [0.25, 0.3) is 6.08 Å². The Bertz CT molecular complexity index is 827. The number of nitrogens with zero attached hydrogens (tertiary/aromatic N) is 1. The molecule has 0 N–H and O–H groups in total. The zero-order chi connectivity index (χ0) is 19.5. The van der Waals surface area contributed by atoms with Crippen molar-refractivity contribution in [3.63, 3.8) is 0 Å². The first-order valence-corrected chi connectivity index (χ1v) is 10.3. The van der Waals surface area contributed by atoms with Crippen molar-refractivity contribution in [2.45, 2.75) is 43.7 Å². The quantitative estimate of drug-likeness (QED) is 0.711. The molecular formula is C25H29NO2. The van der Waals surface area contributed by atoms with Crippen molar-refractivity contribution in [1.29, 1.82) is 0 Å². The molecule has 0 aromatic heterocycles. The third kappa shape index (κ3) is 3.77. The van der Waals surface area contributed by atoms with Crippen LogP contribution in [-0.2, 0) is 16.0 Å². The van der Waals surface area contributed by atoms with Crippen molar-refractivity contribution < 1.29 is 9.53 Å². The molecule has 146 valence electrons. The Morgan fingerprint density at radius 1 is 1.11 bits per heavy atom. The Morgan fingerprint density at radius 2 is 1.86 bits per heavy atom. The SMILES string of the molecule is COC(=O)C1C2CC[C@H](C[C@@H]1c1ccc(C=CCc3ccccc3)cc1)N2C. The molecule has 0 spiro atoms. The molecule has 3 heteroatoms. The van der Waals surface area contributed by atoms with Crippen LogP contribution in [0.3, 0.4) is 0 Å². The second kappa shape index (κ2) is 8.32. The fourth-order valence-corrected chi connectivity index (χ4v) is 5.07. The van der Waals surface area contributed by atoms with Gasteiger partial charge in [-0.2, -0.15) is 0 Å². The summed E-state index contributed by atoms with van der Waals surface area (Å²) in [5, 5.41) is 0. The third-order valence-corrected chi connectivity index (χ3v) is 6.61. The third-order valence-electron chi connectivity index (χ3n) is 6.61. The van der Waals surface area contributed by atoms with Crippen molar-refractivity contribution in [2.75, 3.05) is 14.2 Å². The summed E-state index contributed by atoms with van der Waals surface area (Å²) in [7, 11) is 3.68. The number of allylic oxidation sites excluding steroid dienone is 1. The summed E-state index contributed by atoms with van der Waals surface area (Å²) < 4.78 is 5.18. The summed E-state index contributed by atoms with van der Waals surface area (Å²) in [5.41, 5.74) is 3.78. The van der Waals surface area contributed by atoms with Gasteiger partial charge >= 0.3 is 5.97 Å². The van der Waals surface area contributed by atoms with Crippen molar-refractivity contribution in [1.82, 2.24) is 4.90 Å². The fraction of sp³-hybridized carbons (Fsp3) is 0.400. The topological polar surface area (TPSA) is 29.5 Å². The van der Waals surface area contributed by atoms with Crippen molar-refractivity contribution >= 4 is 12.0 Å². The molecule has 2 saturated heterocycles. The largest absolute Gasteiger partial charge is 0.469 e. The highest BCUT2D eigenvalue weighted by atomic mass is 16.5. The molecule has 2 aliphatic rings. The molecular weight excluding hydrogens is 346 g/mol. The molecule has 2 unspecified atom stereocenters. The molecule has 2 fully saturated rings. The number of fused-ring (bicyclic) bond motifs is 2. The van der Waals surface area contributed by atoms with Gasteiger partial charge in [-0.3, -0.25) is 9.69 Å². The van der Waals surface area contributed by atoms with Gasteiger partial charge in [0.2, 0.25) is 0 Å². The van der Waals surface area contributed by atoms with Gasteiger partial charge in [0.1, 0.15) is 0 Å². The number of rotatable bonds is 5. The normalized spacial score (nSPS) is 27.2. The van der Waals surface area contributed by atoms with E-state index in [-0.39, 0.29) is 17.8 Å². The summed E-state index contributed by atoms with van der Waals surface area (Å²) >= 11 is 0. The second-order valence-corrected chi connectivity index (χ2v) is 8.11. The van der Waals surface area contributed by atoms with Crippen LogP contribution in [0.4, 0.5) is 0 Å². The zero-order valence-electron chi connectivity index (χ0n) is 16.8. The first-order valence-electron chi connectivity index (χ1n) is 10.3. The van der Waals surface area contributed by atoms with E-state index < -0.39 is 0 Å². The Kier molecular flexibility index (Phi) is 5.63. The Hall–Kier alpha value is -2.39. The summed E-state index contributed by atoms with van der Waals surface area (Å²) in [6.07, 6.45) is 8.63. The average molecular weight is 376 g/mol. The van der Waals surface area contributed by atoms with E-state index in [1.807, 2.05) is 6.07 Å². The minimum absolute atomic E-state index is 0.0611. The predicted molar refractivity (Wildman–Crippen MR) is 113 cm³/mol. The Balaban J connectivity index is 1.48. The molecule has 0 aliphatic carbocycles. The van der Waals surface area contributed by atoms with Gasteiger partial charge < -0.3 is 4.74 Å². The first kappa shape index (κ1) is 18.9. The van der Waals surface area contributed by atoms with Crippen LogP contribution in [0.2, 0.25) is 0 Å². The van der Waals surface area contributed by atoms with Crippen molar-refractivity contribution in [3.05, 3.63) is 77.4 Å². The van der Waals surface area contributed by atoms with Crippen LogP contribution < -0.4 is 0 Å². The standard InChI is InChI=1S/C25H29NO2/c1-26-21-15-16-23(26)24(25(27)28-2)22(17-21)20-13-11-19(12-14-20)10-6-9-18-7-4-3-5-8-18/h3-8,10-14,21-24H,9,15-17H2,1-2H3/t21-,22-,23?,24?/m1/s1. The Labute approximate surface area is 168 Å². The minimum atomic E-state index is -0.0618. The average Bonchev–Trinajstić information content (AvgIpc) is 2.97. The molecule has 0 saturated carbocycles. The van der Waals surface area contributed by atoms with Crippen LogP contribution in [0.15, 0.2) is 60.7 Å². The van der Waals surface area contributed by atoms with E-state index in [1.54, 1.807) is 0 Å². The number of hydrogen-bond donors (Lipinski definition) is 0. The lowest BCUT2D eigenvalue weighted by Crippen LogP contribution is -2.49. The van der Waals surface area contributed by atoms with E-state index in [0.29, 0.717) is 12.1 Å². The van der Waals surface area contributed by atoms with Crippen LogP contribution in [-0.4, -0.2) is 37.1 Å². The van der Waals surface area contributed by atoms with Crippen LogP contribution in [0.5, 0.6) is 0 Å². The summed E-state index contributed by atoms with van der Waals surface area (Å²) in [4.78, 5) is 15.0. The van der Waals surface area contributed by atoms with E-state index in [2.05, 4.69) is 72.6 Å². The highest BCUT2D eigenvalue weighted by Gasteiger charge is 2.49. The van der Waals surface area contributed by atoms with Gasteiger partial charge in [-0.05, 0) is 49.4 Å². The van der Waals surface area contributed by atoms with Gasteiger partial charge in [-0.25, -0.2) is 0 Å². The molecule has 3 nitrogen and oxygen atoms in total. The summed E-state index contributed by atoms with van der Waals surface area (Å²) in [5.74, 6) is 0.130. The van der Waals surface area contributed by atoms with Gasteiger partial charge in [-0.1, -0.05) is 66.7 Å². The van der Waals surface area contributed by atoms with Gasteiger partial charge in [0.05, 0.1) is 13.0 Å². The molecule has 0 amide bonds. The lowest BCUT2D eigenvalue weighted by molar-refractivity contribution is -0.150. The highest BCUT2D eigenvalue weighted by molar-refractivity contribution is 5.75. The lowest BCUT2D eigenvalue weighted by Gasteiger charge is -2.41. The number of carbonyl (C=O) groups is 1. The van der Waals surface area contributed by atoms with Gasteiger partial charge in [0.15, 0.2) is 0 Å².